The molecule has 1 fully saturated rings. The predicted molar refractivity (Wildman–Crippen MR) is 114 cm³/mol. The molecule has 1 saturated heterocycles. The van der Waals surface area contributed by atoms with Crippen LogP contribution < -0.4 is 9.80 Å². The highest BCUT2D eigenvalue weighted by atomic mass is 32.2. The van der Waals surface area contributed by atoms with E-state index in [1.54, 1.807) is 18.1 Å². The lowest BCUT2D eigenvalue weighted by Gasteiger charge is -2.37. The Morgan fingerprint density at radius 2 is 1.67 bits per heavy atom. The third-order valence-corrected chi connectivity index (χ3v) is 6.15. The fourth-order valence-electron chi connectivity index (χ4n) is 3.65. The molecule has 1 aromatic carbocycles. The molecule has 0 saturated carbocycles. The van der Waals surface area contributed by atoms with Crippen LogP contribution in [0.1, 0.15) is 16.8 Å². The quantitative estimate of drug-likeness (QED) is 0.641. The van der Waals surface area contributed by atoms with E-state index in [4.69, 9.17) is 4.98 Å². The van der Waals surface area contributed by atoms with E-state index in [1.165, 1.54) is 21.4 Å². The van der Waals surface area contributed by atoms with Crippen molar-refractivity contribution in [2.75, 3.05) is 42.2 Å². The van der Waals surface area contributed by atoms with Crippen LogP contribution in [0, 0.1) is 20.8 Å². The highest BCUT2D eigenvalue weighted by Gasteiger charge is 2.21. The highest BCUT2D eigenvalue weighted by Crippen LogP contribution is 2.27. The predicted octanol–water partition coefficient (Wildman–Crippen LogP) is 4.00. The Bertz CT molecular complexity index is 980. The van der Waals surface area contributed by atoms with Gasteiger partial charge in [-0.3, -0.25) is 0 Å². The van der Waals surface area contributed by atoms with E-state index in [0.717, 1.165) is 49.0 Å². The Hall–Kier alpha value is -2.34. The van der Waals surface area contributed by atoms with Crippen molar-refractivity contribution in [2.24, 2.45) is 0 Å². The molecule has 0 atom stereocenters. The normalized spacial score (nSPS) is 14.8. The largest absolute Gasteiger partial charge is 0.353 e. The van der Waals surface area contributed by atoms with E-state index >= 15 is 0 Å². The van der Waals surface area contributed by atoms with Gasteiger partial charge in [0.25, 0.3) is 0 Å². The van der Waals surface area contributed by atoms with Gasteiger partial charge in [-0.15, -0.1) is 11.8 Å². The number of benzene rings is 1. The molecular weight excluding hydrogens is 354 g/mol. The Morgan fingerprint density at radius 1 is 0.926 bits per heavy atom. The number of nitrogens with zero attached hydrogens (tertiary/aromatic N) is 5. The number of thioether (sulfide) groups is 1. The lowest BCUT2D eigenvalue weighted by atomic mass is 10.1. The molecule has 0 aliphatic carbocycles. The maximum Gasteiger partial charge on any atom is 0.135 e. The summed E-state index contributed by atoms with van der Waals surface area (Å²) in [5.41, 5.74) is 4.60. The molecule has 2 aromatic heterocycles. The fraction of sp³-hybridized carbons (Fsp3) is 0.381. The molecule has 0 N–H and O–H groups in total. The van der Waals surface area contributed by atoms with Crippen LogP contribution >= 0.6 is 11.8 Å². The number of hydrogen-bond acceptors (Lipinski definition) is 6. The Labute approximate surface area is 164 Å². The average Bonchev–Trinajstić information content (AvgIpc) is 2.69. The highest BCUT2D eigenvalue weighted by molar-refractivity contribution is 7.98. The van der Waals surface area contributed by atoms with Crippen LogP contribution in [-0.4, -0.2) is 47.4 Å². The van der Waals surface area contributed by atoms with Gasteiger partial charge in [0.05, 0.1) is 5.52 Å². The standard InChI is InChI=1S/C21H25N5S/c1-14-11-20(24-19-12-17(27-4)5-6-18(14)19)25-7-9-26(10-8-25)21-15(2)16(3)22-13-23-21/h5-6,11-13H,7-10H2,1-4H3. The zero-order valence-electron chi connectivity index (χ0n) is 16.4. The number of piperazine rings is 1. The van der Waals surface area contributed by atoms with E-state index in [9.17, 15) is 0 Å². The van der Waals surface area contributed by atoms with Crippen molar-refractivity contribution in [1.82, 2.24) is 15.0 Å². The van der Waals surface area contributed by atoms with Gasteiger partial charge < -0.3 is 9.80 Å². The molecular formula is C21H25N5S. The lowest BCUT2D eigenvalue weighted by Crippen LogP contribution is -2.47. The molecule has 0 radical (unpaired) electrons. The van der Waals surface area contributed by atoms with Gasteiger partial charge in [0, 0.05) is 47.7 Å². The van der Waals surface area contributed by atoms with Crippen molar-refractivity contribution in [3.05, 3.63) is 47.4 Å². The molecule has 1 aliphatic rings. The Kier molecular flexibility index (Phi) is 4.91. The number of anilines is 2. The number of fused-ring (bicyclic) bond motifs is 1. The van der Waals surface area contributed by atoms with E-state index in [-0.39, 0.29) is 0 Å². The number of aryl methyl sites for hydroxylation is 2. The van der Waals surface area contributed by atoms with Gasteiger partial charge >= 0.3 is 0 Å². The molecule has 3 aromatic rings. The second-order valence-electron chi connectivity index (χ2n) is 7.06. The van der Waals surface area contributed by atoms with Crippen LogP contribution in [0.5, 0.6) is 0 Å². The van der Waals surface area contributed by atoms with Gasteiger partial charge in [0.1, 0.15) is 18.0 Å². The first-order valence-electron chi connectivity index (χ1n) is 9.30. The summed E-state index contributed by atoms with van der Waals surface area (Å²) >= 11 is 1.76. The number of hydrogen-bond donors (Lipinski definition) is 0. The van der Waals surface area contributed by atoms with Crippen LogP contribution in [-0.2, 0) is 0 Å². The molecule has 0 amide bonds. The van der Waals surface area contributed by atoms with Crippen LogP contribution in [0.15, 0.2) is 35.5 Å². The molecule has 4 rings (SSSR count). The number of rotatable bonds is 3. The molecule has 5 nitrogen and oxygen atoms in total. The summed E-state index contributed by atoms with van der Waals surface area (Å²) in [6.07, 6.45) is 3.77. The van der Waals surface area contributed by atoms with Gasteiger partial charge in [0.2, 0.25) is 0 Å². The summed E-state index contributed by atoms with van der Waals surface area (Å²) in [5.74, 6) is 2.14. The Balaban J connectivity index is 1.56. The average molecular weight is 380 g/mol. The van der Waals surface area contributed by atoms with Crippen LogP contribution in [0.25, 0.3) is 10.9 Å². The van der Waals surface area contributed by atoms with Crippen molar-refractivity contribution >= 4 is 34.3 Å². The third kappa shape index (κ3) is 3.46. The van der Waals surface area contributed by atoms with Gasteiger partial charge in [-0.1, -0.05) is 6.07 Å². The topological polar surface area (TPSA) is 45.2 Å². The van der Waals surface area contributed by atoms with Crippen molar-refractivity contribution in [3.8, 4) is 0 Å². The van der Waals surface area contributed by atoms with Gasteiger partial charge in [0.15, 0.2) is 0 Å². The summed E-state index contributed by atoms with van der Waals surface area (Å²) in [7, 11) is 0. The Morgan fingerprint density at radius 3 is 2.41 bits per heavy atom. The van der Waals surface area contributed by atoms with E-state index in [2.05, 4.69) is 64.1 Å². The molecule has 140 valence electrons. The smallest absolute Gasteiger partial charge is 0.135 e. The van der Waals surface area contributed by atoms with Gasteiger partial charge in [-0.05, 0) is 50.8 Å². The maximum absolute atomic E-state index is 4.97. The van der Waals surface area contributed by atoms with Crippen LogP contribution in [0.4, 0.5) is 11.6 Å². The third-order valence-electron chi connectivity index (χ3n) is 5.42. The monoisotopic (exact) mass is 379 g/mol. The summed E-state index contributed by atoms with van der Waals surface area (Å²) in [4.78, 5) is 19.8. The summed E-state index contributed by atoms with van der Waals surface area (Å²) in [6, 6.07) is 8.77. The summed E-state index contributed by atoms with van der Waals surface area (Å²) < 4.78 is 0. The first kappa shape index (κ1) is 18.0. The van der Waals surface area contributed by atoms with E-state index in [0.29, 0.717) is 0 Å². The second kappa shape index (κ2) is 7.35. The molecule has 0 bridgehead atoms. The van der Waals surface area contributed by atoms with Crippen molar-refractivity contribution < 1.29 is 0 Å². The van der Waals surface area contributed by atoms with Gasteiger partial charge in [-0.25, -0.2) is 15.0 Å². The molecule has 0 spiro atoms. The minimum Gasteiger partial charge on any atom is -0.353 e. The summed E-state index contributed by atoms with van der Waals surface area (Å²) in [6.45, 7) is 10.1. The molecule has 1 aliphatic heterocycles. The van der Waals surface area contributed by atoms with E-state index in [1.807, 2.05) is 6.92 Å². The first-order valence-corrected chi connectivity index (χ1v) is 10.5. The zero-order chi connectivity index (χ0) is 19.0. The SMILES string of the molecule is CSc1ccc2c(C)cc(N3CCN(c4ncnc(C)c4C)CC3)nc2c1. The van der Waals surface area contributed by atoms with Gasteiger partial charge in [-0.2, -0.15) is 0 Å². The molecule has 0 unspecified atom stereocenters. The van der Waals surface area contributed by atoms with Crippen molar-refractivity contribution in [3.63, 3.8) is 0 Å². The molecule has 3 heterocycles. The fourth-order valence-corrected chi connectivity index (χ4v) is 4.08. The maximum atomic E-state index is 4.97. The second-order valence-corrected chi connectivity index (χ2v) is 7.94. The lowest BCUT2D eigenvalue weighted by molar-refractivity contribution is 0.639. The number of aromatic nitrogens is 3. The number of pyridine rings is 1. The minimum absolute atomic E-state index is 0.945. The zero-order valence-corrected chi connectivity index (χ0v) is 17.2. The van der Waals surface area contributed by atoms with Crippen LogP contribution in [0.3, 0.4) is 0 Å². The van der Waals surface area contributed by atoms with Crippen molar-refractivity contribution in [1.29, 1.82) is 0 Å². The summed E-state index contributed by atoms with van der Waals surface area (Å²) in [5, 5.41) is 1.24. The minimum atomic E-state index is 0.945. The van der Waals surface area contributed by atoms with Crippen molar-refractivity contribution in [2.45, 2.75) is 25.7 Å². The van der Waals surface area contributed by atoms with Crippen LogP contribution in [0.2, 0.25) is 0 Å². The first-order chi connectivity index (χ1) is 13.1. The van der Waals surface area contributed by atoms with E-state index < -0.39 is 0 Å². The molecule has 27 heavy (non-hydrogen) atoms. The molecule has 6 heteroatoms.